The molecule has 1 aliphatic carbocycles. The Balaban J connectivity index is 1.94. The first-order valence-electron chi connectivity index (χ1n) is 11.1. The van der Waals surface area contributed by atoms with E-state index in [1.165, 1.54) is 11.1 Å². The molecule has 0 radical (unpaired) electrons. The molecule has 0 amide bonds. The van der Waals surface area contributed by atoms with Crippen molar-refractivity contribution < 1.29 is 0 Å². The SMILES string of the molecule is C#C/C(=C\C=C)C1=CC(CCCc2ccc(NC(=C)C(C)(CC)CC)cc2)=CC=C=C1. The topological polar surface area (TPSA) is 12.0 Å². The van der Waals surface area contributed by atoms with E-state index in [0.717, 1.165) is 54.6 Å². The van der Waals surface area contributed by atoms with Crippen molar-refractivity contribution in [2.75, 3.05) is 5.32 Å². The van der Waals surface area contributed by atoms with Crippen molar-refractivity contribution in [2.24, 2.45) is 5.41 Å². The highest BCUT2D eigenvalue weighted by atomic mass is 14.9. The number of hydrogen-bond donors (Lipinski definition) is 1. The molecule has 31 heavy (non-hydrogen) atoms. The number of benzene rings is 1. The smallest absolute Gasteiger partial charge is 0.0381 e. The highest BCUT2D eigenvalue weighted by Gasteiger charge is 2.23. The van der Waals surface area contributed by atoms with Gasteiger partial charge in [0.05, 0.1) is 0 Å². The van der Waals surface area contributed by atoms with E-state index in [-0.39, 0.29) is 5.41 Å². The first-order valence-corrected chi connectivity index (χ1v) is 11.1. The van der Waals surface area contributed by atoms with Gasteiger partial charge in [0.15, 0.2) is 0 Å². The zero-order valence-electron chi connectivity index (χ0n) is 19.3. The van der Waals surface area contributed by atoms with Crippen LogP contribution in [0.2, 0.25) is 0 Å². The molecule has 1 aromatic rings. The van der Waals surface area contributed by atoms with Gasteiger partial charge in [0.1, 0.15) is 0 Å². The first-order chi connectivity index (χ1) is 15.0. The van der Waals surface area contributed by atoms with Gasteiger partial charge >= 0.3 is 0 Å². The summed E-state index contributed by atoms with van der Waals surface area (Å²) in [6, 6.07) is 8.72. The Kier molecular flexibility index (Phi) is 9.20. The molecular formula is C30H35N. The fraction of sp³-hybridized carbons (Fsp3) is 0.300. The largest absolute Gasteiger partial charge is 0.359 e. The van der Waals surface area contributed by atoms with Crippen LogP contribution in [0.15, 0.2) is 102 Å². The summed E-state index contributed by atoms with van der Waals surface area (Å²) >= 11 is 0. The van der Waals surface area contributed by atoms with Crippen LogP contribution in [-0.2, 0) is 6.42 Å². The maximum Gasteiger partial charge on any atom is 0.0381 e. The van der Waals surface area contributed by atoms with Crippen LogP contribution in [0.4, 0.5) is 5.69 Å². The highest BCUT2D eigenvalue weighted by molar-refractivity contribution is 5.55. The molecular weight excluding hydrogens is 374 g/mol. The second-order valence-corrected chi connectivity index (χ2v) is 8.20. The lowest BCUT2D eigenvalue weighted by Gasteiger charge is -2.30. The van der Waals surface area contributed by atoms with Crippen molar-refractivity contribution in [3.8, 4) is 12.3 Å². The quantitative estimate of drug-likeness (QED) is 0.221. The summed E-state index contributed by atoms with van der Waals surface area (Å²) in [5.74, 6) is 2.74. The van der Waals surface area contributed by atoms with Gasteiger partial charge < -0.3 is 5.32 Å². The molecule has 1 heteroatoms. The van der Waals surface area contributed by atoms with Crippen LogP contribution < -0.4 is 5.32 Å². The predicted octanol–water partition coefficient (Wildman–Crippen LogP) is 8.08. The summed E-state index contributed by atoms with van der Waals surface area (Å²) in [5.41, 5.74) is 9.92. The van der Waals surface area contributed by atoms with Gasteiger partial charge in [0.25, 0.3) is 0 Å². The zero-order valence-corrected chi connectivity index (χ0v) is 19.3. The molecule has 0 saturated carbocycles. The number of anilines is 1. The molecule has 1 aliphatic rings. The minimum atomic E-state index is 0.126. The lowest BCUT2D eigenvalue weighted by molar-refractivity contribution is 0.371. The van der Waals surface area contributed by atoms with Gasteiger partial charge in [-0.25, -0.2) is 0 Å². The average molecular weight is 410 g/mol. The van der Waals surface area contributed by atoms with Crippen LogP contribution in [0.5, 0.6) is 0 Å². The maximum atomic E-state index is 5.65. The van der Waals surface area contributed by atoms with Crippen molar-refractivity contribution in [3.05, 3.63) is 108 Å². The van der Waals surface area contributed by atoms with Crippen molar-refractivity contribution in [3.63, 3.8) is 0 Å². The molecule has 0 fully saturated rings. The predicted molar refractivity (Wildman–Crippen MR) is 137 cm³/mol. The first kappa shape index (κ1) is 24.1. The summed E-state index contributed by atoms with van der Waals surface area (Å²) in [6.45, 7) is 14.7. The number of nitrogens with one attached hydrogen (secondary N) is 1. The van der Waals surface area contributed by atoms with E-state index >= 15 is 0 Å². The molecule has 0 saturated heterocycles. The molecule has 0 bridgehead atoms. The highest BCUT2D eigenvalue weighted by Crippen LogP contribution is 2.33. The van der Waals surface area contributed by atoms with E-state index in [0.29, 0.717) is 0 Å². The Bertz CT molecular complexity index is 976. The Morgan fingerprint density at radius 2 is 1.90 bits per heavy atom. The molecule has 1 nitrogen and oxygen atoms in total. The Hall–Kier alpha value is -3.20. The third kappa shape index (κ3) is 6.92. The number of terminal acetylenes is 1. The molecule has 0 heterocycles. The van der Waals surface area contributed by atoms with Crippen molar-refractivity contribution >= 4 is 5.69 Å². The minimum absolute atomic E-state index is 0.126. The normalized spacial score (nSPS) is 13.7. The van der Waals surface area contributed by atoms with Gasteiger partial charge in [-0.1, -0.05) is 64.1 Å². The van der Waals surface area contributed by atoms with Crippen LogP contribution >= 0.6 is 0 Å². The molecule has 0 unspecified atom stereocenters. The molecule has 0 atom stereocenters. The lowest BCUT2D eigenvalue weighted by Crippen LogP contribution is -2.21. The fourth-order valence-electron chi connectivity index (χ4n) is 3.49. The van der Waals surface area contributed by atoms with Gasteiger partial charge in [-0.15, -0.1) is 12.2 Å². The van der Waals surface area contributed by atoms with Gasteiger partial charge in [0, 0.05) is 22.4 Å². The maximum absolute atomic E-state index is 5.65. The Morgan fingerprint density at radius 3 is 2.52 bits per heavy atom. The molecule has 1 aromatic carbocycles. The van der Waals surface area contributed by atoms with Crippen LogP contribution in [0.1, 0.15) is 52.0 Å². The molecule has 160 valence electrons. The fourth-order valence-corrected chi connectivity index (χ4v) is 3.49. The number of rotatable bonds is 11. The van der Waals surface area contributed by atoms with E-state index in [1.54, 1.807) is 6.08 Å². The molecule has 0 aromatic heterocycles. The van der Waals surface area contributed by atoms with E-state index in [9.17, 15) is 0 Å². The Labute approximate surface area is 189 Å². The molecule has 2 rings (SSSR count). The zero-order chi connectivity index (χ0) is 22.7. The van der Waals surface area contributed by atoms with Gasteiger partial charge in [-0.3, -0.25) is 0 Å². The summed E-state index contributed by atoms with van der Waals surface area (Å²) in [6.07, 6.45) is 22.6. The number of hydrogen-bond acceptors (Lipinski definition) is 1. The summed E-state index contributed by atoms with van der Waals surface area (Å²) in [5, 5.41) is 3.50. The van der Waals surface area contributed by atoms with Gasteiger partial charge in [-0.2, -0.15) is 0 Å². The summed E-state index contributed by atoms with van der Waals surface area (Å²) in [7, 11) is 0. The minimum Gasteiger partial charge on any atom is -0.359 e. The van der Waals surface area contributed by atoms with Crippen molar-refractivity contribution in [1.29, 1.82) is 0 Å². The van der Waals surface area contributed by atoms with E-state index in [2.05, 4.69) is 87.3 Å². The van der Waals surface area contributed by atoms with Gasteiger partial charge in [-0.05, 0) is 85.3 Å². The van der Waals surface area contributed by atoms with Crippen molar-refractivity contribution in [1.82, 2.24) is 0 Å². The van der Waals surface area contributed by atoms with Crippen LogP contribution in [0.3, 0.4) is 0 Å². The summed E-state index contributed by atoms with van der Waals surface area (Å²) < 4.78 is 0. The lowest BCUT2D eigenvalue weighted by atomic mass is 9.81. The van der Waals surface area contributed by atoms with Gasteiger partial charge in [0.2, 0.25) is 0 Å². The summed E-state index contributed by atoms with van der Waals surface area (Å²) in [4.78, 5) is 0. The molecule has 0 aliphatic heterocycles. The van der Waals surface area contributed by atoms with Crippen LogP contribution in [0, 0.1) is 17.8 Å². The standard InChI is InChI=1S/C30H35N/c1-7-14-27(8-2)28-18-12-11-15-26(23-28)17-13-16-25-19-21-29(22-20-25)31-24(5)30(6,9-3)10-4/h2,7,11,14-15,18-23,31H,1,5,9-10,13,16-17H2,3-4,6H3/b27-14+. The third-order valence-electron chi connectivity index (χ3n) is 6.19. The third-order valence-corrected chi connectivity index (χ3v) is 6.19. The van der Waals surface area contributed by atoms with E-state index in [4.69, 9.17) is 6.42 Å². The van der Waals surface area contributed by atoms with E-state index in [1.807, 2.05) is 18.2 Å². The monoisotopic (exact) mass is 409 g/mol. The van der Waals surface area contributed by atoms with Crippen LogP contribution in [-0.4, -0.2) is 0 Å². The molecule has 0 spiro atoms. The van der Waals surface area contributed by atoms with Crippen LogP contribution in [0.25, 0.3) is 0 Å². The second kappa shape index (κ2) is 11.8. The number of aryl methyl sites for hydroxylation is 1. The van der Waals surface area contributed by atoms with E-state index < -0.39 is 0 Å². The average Bonchev–Trinajstić information content (AvgIpc) is 3.03. The number of allylic oxidation sites excluding steroid dienone is 9. The molecule has 1 N–H and O–H groups in total. The van der Waals surface area contributed by atoms with Crippen molar-refractivity contribution in [2.45, 2.75) is 52.9 Å². The second-order valence-electron chi connectivity index (χ2n) is 8.20. The Morgan fingerprint density at radius 1 is 1.19 bits per heavy atom.